The van der Waals surface area contributed by atoms with Crippen molar-refractivity contribution in [2.75, 3.05) is 13.7 Å². The van der Waals surface area contributed by atoms with E-state index < -0.39 is 0 Å². The SMILES string of the molecule is COc1ccccc1-c1noc(CC2CCOc3ccccc32)n1. The maximum absolute atomic E-state index is 5.71. The van der Waals surface area contributed by atoms with Gasteiger partial charge in [-0.15, -0.1) is 0 Å². The Morgan fingerprint density at radius 1 is 1.12 bits per heavy atom. The van der Waals surface area contributed by atoms with Gasteiger partial charge in [0, 0.05) is 6.42 Å². The lowest BCUT2D eigenvalue weighted by molar-refractivity contribution is 0.259. The van der Waals surface area contributed by atoms with Crippen LogP contribution in [0.5, 0.6) is 11.5 Å². The lowest BCUT2D eigenvalue weighted by atomic mass is 9.90. The largest absolute Gasteiger partial charge is 0.496 e. The molecule has 24 heavy (non-hydrogen) atoms. The molecule has 0 amide bonds. The molecule has 1 atom stereocenters. The Kier molecular flexibility index (Phi) is 3.91. The van der Waals surface area contributed by atoms with E-state index in [1.54, 1.807) is 7.11 Å². The van der Waals surface area contributed by atoms with Gasteiger partial charge in [-0.2, -0.15) is 4.98 Å². The zero-order valence-electron chi connectivity index (χ0n) is 13.4. The monoisotopic (exact) mass is 322 g/mol. The Balaban J connectivity index is 1.59. The van der Waals surface area contributed by atoms with Gasteiger partial charge in [0.25, 0.3) is 0 Å². The van der Waals surface area contributed by atoms with Crippen LogP contribution in [0.15, 0.2) is 53.1 Å². The summed E-state index contributed by atoms with van der Waals surface area (Å²) in [4.78, 5) is 4.56. The van der Waals surface area contributed by atoms with E-state index in [4.69, 9.17) is 14.0 Å². The molecule has 5 nitrogen and oxygen atoms in total. The van der Waals surface area contributed by atoms with E-state index in [1.807, 2.05) is 42.5 Å². The molecule has 0 spiro atoms. The number of rotatable bonds is 4. The third-order valence-corrected chi connectivity index (χ3v) is 4.32. The molecule has 0 N–H and O–H groups in total. The molecule has 5 heteroatoms. The second-order valence-corrected chi connectivity index (χ2v) is 5.79. The van der Waals surface area contributed by atoms with E-state index in [2.05, 4.69) is 16.2 Å². The predicted molar refractivity (Wildman–Crippen MR) is 89.3 cm³/mol. The second-order valence-electron chi connectivity index (χ2n) is 5.79. The van der Waals surface area contributed by atoms with Crippen molar-refractivity contribution in [1.29, 1.82) is 0 Å². The number of aromatic nitrogens is 2. The molecule has 4 rings (SSSR count). The molecule has 2 aromatic carbocycles. The van der Waals surface area contributed by atoms with Gasteiger partial charge in [-0.25, -0.2) is 0 Å². The number of nitrogens with zero attached hydrogens (tertiary/aromatic N) is 2. The van der Waals surface area contributed by atoms with Gasteiger partial charge in [0.05, 0.1) is 19.3 Å². The van der Waals surface area contributed by atoms with Crippen LogP contribution in [0, 0.1) is 0 Å². The van der Waals surface area contributed by atoms with Crippen LogP contribution in [-0.2, 0) is 6.42 Å². The summed E-state index contributed by atoms with van der Waals surface area (Å²) in [7, 11) is 1.64. The molecule has 0 aliphatic carbocycles. The number of methoxy groups -OCH3 is 1. The third kappa shape index (κ3) is 2.73. The highest BCUT2D eigenvalue weighted by molar-refractivity contribution is 5.63. The van der Waals surface area contributed by atoms with Crippen LogP contribution >= 0.6 is 0 Å². The number of ether oxygens (including phenoxy) is 2. The number of para-hydroxylation sites is 2. The summed E-state index contributed by atoms with van der Waals surface area (Å²) in [6.45, 7) is 0.717. The van der Waals surface area contributed by atoms with Crippen LogP contribution in [0.2, 0.25) is 0 Å². The first-order valence-corrected chi connectivity index (χ1v) is 8.03. The van der Waals surface area contributed by atoms with Crippen molar-refractivity contribution >= 4 is 0 Å². The molecule has 0 radical (unpaired) electrons. The Morgan fingerprint density at radius 2 is 1.96 bits per heavy atom. The standard InChI is InChI=1S/C19H18N2O3/c1-22-16-8-4-3-7-15(16)19-20-18(24-21-19)12-13-10-11-23-17-9-5-2-6-14(13)17/h2-9,13H,10-12H2,1H3. The van der Waals surface area contributed by atoms with Crippen LogP contribution in [0.25, 0.3) is 11.4 Å². The summed E-state index contributed by atoms with van der Waals surface area (Å²) in [5, 5.41) is 4.12. The van der Waals surface area contributed by atoms with Crippen molar-refractivity contribution < 1.29 is 14.0 Å². The van der Waals surface area contributed by atoms with Crippen molar-refractivity contribution in [3.8, 4) is 22.9 Å². The molecule has 1 aromatic heterocycles. The number of benzene rings is 2. The fraction of sp³-hybridized carbons (Fsp3) is 0.263. The molecule has 1 aliphatic heterocycles. The fourth-order valence-corrected chi connectivity index (χ4v) is 3.12. The minimum Gasteiger partial charge on any atom is -0.496 e. The van der Waals surface area contributed by atoms with Crippen LogP contribution < -0.4 is 9.47 Å². The Labute approximate surface area is 140 Å². The van der Waals surface area contributed by atoms with Crippen molar-refractivity contribution in [2.45, 2.75) is 18.8 Å². The summed E-state index contributed by atoms with van der Waals surface area (Å²) in [5.74, 6) is 3.22. The van der Waals surface area contributed by atoms with Crippen molar-refractivity contribution in [3.63, 3.8) is 0 Å². The first kappa shape index (κ1) is 14.8. The van der Waals surface area contributed by atoms with Crippen molar-refractivity contribution in [2.24, 2.45) is 0 Å². The molecule has 2 heterocycles. The number of fused-ring (bicyclic) bond motifs is 1. The number of hydrogen-bond acceptors (Lipinski definition) is 5. The predicted octanol–water partition coefficient (Wildman–Crippen LogP) is 3.85. The van der Waals surface area contributed by atoms with E-state index >= 15 is 0 Å². The molecule has 0 fully saturated rings. The van der Waals surface area contributed by atoms with Gasteiger partial charge in [0.1, 0.15) is 11.5 Å². The van der Waals surface area contributed by atoms with Crippen molar-refractivity contribution in [1.82, 2.24) is 10.1 Å². The average molecular weight is 322 g/mol. The van der Waals surface area contributed by atoms with Crippen LogP contribution in [0.1, 0.15) is 23.8 Å². The molecule has 1 aliphatic rings. The third-order valence-electron chi connectivity index (χ3n) is 4.32. The lowest BCUT2D eigenvalue weighted by Gasteiger charge is -2.24. The van der Waals surface area contributed by atoms with Crippen LogP contribution in [0.3, 0.4) is 0 Å². The van der Waals surface area contributed by atoms with Crippen LogP contribution in [-0.4, -0.2) is 23.9 Å². The zero-order valence-corrected chi connectivity index (χ0v) is 13.4. The first-order valence-electron chi connectivity index (χ1n) is 8.03. The number of hydrogen-bond donors (Lipinski definition) is 0. The first-order chi connectivity index (χ1) is 11.8. The summed E-state index contributed by atoms with van der Waals surface area (Å²) in [6.07, 6.45) is 1.66. The maximum Gasteiger partial charge on any atom is 0.227 e. The van der Waals surface area contributed by atoms with Gasteiger partial charge in [-0.3, -0.25) is 0 Å². The molecule has 1 unspecified atom stereocenters. The Morgan fingerprint density at radius 3 is 2.88 bits per heavy atom. The molecule has 122 valence electrons. The van der Waals surface area contributed by atoms with Crippen molar-refractivity contribution in [3.05, 3.63) is 60.0 Å². The van der Waals surface area contributed by atoms with Gasteiger partial charge in [0.15, 0.2) is 0 Å². The van der Waals surface area contributed by atoms with E-state index in [-0.39, 0.29) is 0 Å². The topological polar surface area (TPSA) is 57.4 Å². The van der Waals surface area contributed by atoms with E-state index in [9.17, 15) is 0 Å². The molecular formula is C19H18N2O3. The van der Waals surface area contributed by atoms with E-state index in [1.165, 1.54) is 5.56 Å². The maximum atomic E-state index is 5.71. The minimum atomic E-state index is 0.334. The van der Waals surface area contributed by atoms with E-state index in [0.29, 0.717) is 24.1 Å². The molecule has 0 saturated carbocycles. The highest BCUT2D eigenvalue weighted by Gasteiger charge is 2.24. The normalized spacial score (nSPS) is 16.3. The van der Waals surface area contributed by atoms with Crippen LogP contribution in [0.4, 0.5) is 0 Å². The summed E-state index contributed by atoms with van der Waals surface area (Å²) in [5.41, 5.74) is 2.04. The molecular weight excluding hydrogens is 304 g/mol. The Hall–Kier alpha value is -2.82. The minimum absolute atomic E-state index is 0.334. The molecule has 0 saturated heterocycles. The van der Waals surface area contributed by atoms with Gasteiger partial charge < -0.3 is 14.0 Å². The van der Waals surface area contributed by atoms with Gasteiger partial charge in [-0.1, -0.05) is 35.5 Å². The molecule has 0 bridgehead atoms. The average Bonchev–Trinajstić information content (AvgIpc) is 3.10. The Bertz CT molecular complexity index is 844. The summed E-state index contributed by atoms with van der Waals surface area (Å²) < 4.78 is 16.6. The van der Waals surface area contributed by atoms with E-state index in [0.717, 1.165) is 30.1 Å². The van der Waals surface area contributed by atoms with Gasteiger partial charge in [-0.05, 0) is 36.1 Å². The zero-order chi connectivity index (χ0) is 16.4. The highest BCUT2D eigenvalue weighted by atomic mass is 16.5. The fourth-order valence-electron chi connectivity index (χ4n) is 3.12. The smallest absolute Gasteiger partial charge is 0.227 e. The molecule has 3 aromatic rings. The van der Waals surface area contributed by atoms with Gasteiger partial charge >= 0.3 is 0 Å². The second kappa shape index (κ2) is 6.35. The summed E-state index contributed by atoms with van der Waals surface area (Å²) in [6, 6.07) is 15.8. The quantitative estimate of drug-likeness (QED) is 0.730. The summed E-state index contributed by atoms with van der Waals surface area (Å²) >= 11 is 0. The lowest BCUT2D eigenvalue weighted by Crippen LogP contribution is -2.16. The highest BCUT2D eigenvalue weighted by Crippen LogP contribution is 2.35. The van der Waals surface area contributed by atoms with Gasteiger partial charge in [0.2, 0.25) is 11.7 Å².